The van der Waals surface area contributed by atoms with Gasteiger partial charge in [0.25, 0.3) is 0 Å². The Bertz CT molecular complexity index is 176. The van der Waals surface area contributed by atoms with Gasteiger partial charge in [0.15, 0.2) is 0 Å². The Kier molecular flexibility index (Phi) is 7.76. The third kappa shape index (κ3) is 4.55. The highest BCUT2D eigenvalue weighted by Gasteiger charge is 2.43. The molecule has 0 aliphatic heterocycles. The maximum absolute atomic E-state index is 2.42. The summed E-state index contributed by atoms with van der Waals surface area (Å²) in [4.78, 5) is 0. The number of rotatable bonds is 8. The van der Waals surface area contributed by atoms with Crippen LogP contribution in [0, 0.1) is 0 Å². The molecule has 0 bridgehead atoms. The highest BCUT2D eigenvalue weighted by Crippen LogP contribution is 2.67. The smallest absolute Gasteiger partial charge is 0.0652 e. The summed E-state index contributed by atoms with van der Waals surface area (Å²) in [5.74, 6) is 0. The lowest BCUT2D eigenvalue weighted by atomic mass is 10.0. The molecule has 17 heavy (non-hydrogen) atoms. The van der Waals surface area contributed by atoms with Crippen molar-refractivity contribution >= 4 is 7.26 Å². The van der Waals surface area contributed by atoms with Crippen LogP contribution < -0.4 is 0 Å². The van der Waals surface area contributed by atoms with Crippen LogP contribution in [0.3, 0.4) is 0 Å². The lowest BCUT2D eigenvalue weighted by molar-refractivity contribution is 0.505. The molecule has 1 fully saturated rings. The zero-order valence-electron chi connectivity index (χ0n) is 12.5. The van der Waals surface area contributed by atoms with Gasteiger partial charge in [-0.25, -0.2) is 0 Å². The minimum absolute atomic E-state index is 0.588. The van der Waals surface area contributed by atoms with Gasteiger partial charge in [-0.2, -0.15) is 0 Å². The van der Waals surface area contributed by atoms with Gasteiger partial charge in [-0.15, -0.1) is 0 Å². The molecule has 1 rings (SSSR count). The van der Waals surface area contributed by atoms with Gasteiger partial charge in [0.1, 0.15) is 0 Å². The van der Waals surface area contributed by atoms with E-state index in [0.717, 1.165) is 0 Å². The fraction of sp³-hybridized carbons (Fsp3) is 1.00. The van der Waals surface area contributed by atoms with E-state index in [1.807, 2.05) is 0 Å². The molecule has 102 valence electrons. The van der Waals surface area contributed by atoms with Crippen LogP contribution in [0.1, 0.15) is 78.6 Å². The minimum atomic E-state index is -0.588. The Hall–Kier alpha value is 0.430. The van der Waals surface area contributed by atoms with E-state index in [2.05, 4.69) is 20.8 Å². The van der Waals surface area contributed by atoms with Crippen LogP contribution in [-0.4, -0.2) is 24.1 Å². The van der Waals surface area contributed by atoms with Crippen molar-refractivity contribution < 1.29 is 0 Å². The molecule has 0 heterocycles. The largest absolute Gasteiger partial charge is 0.0697 e. The van der Waals surface area contributed by atoms with Crippen LogP contribution in [0.2, 0.25) is 0 Å². The molecular formula is C16H34P+. The predicted octanol–water partition coefficient (Wildman–Crippen LogP) is 5.96. The third-order valence-electron chi connectivity index (χ3n) is 4.64. The zero-order valence-corrected chi connectivity index (χ0v) is 13.4. The molecule has 0 radical (unpaired) electrons. The summed E-state index contributed by atoms with van der Waals surface area (Å²) in [7, 11) is -0.588. The molecule has 0 aromatic rings. The van der Waals surface area contributed by atoms with Crippen LogP contribution in [-0.2, 0) is 0 Å². The van der Waals surface area contributed by atoms with E-state index in [1.165, 1.54) is 50.6 Å². The first kappa shape index (κ1) is 15.5. The van der Waals surface area contributed by atoms with Gasteiger partial charge < -0.3 is 0 Å². The van der Waals surface area contributed by atoms with E-state index in [4.69, 9.17) is 0 Å². The Morgan fingerprint density at radius 2 is 1.35 bits per heavy atom. The lowest BCUT2D eigenvalue weighted by Crippen LogP contribution is -2.24. The molecule has 0 unspecified atom stereocenters. The van der Waals surface area contributed by atoms with Crippen LogP contribution >= 0.6 is 7.26 Å². The Labute approximate surface area is 110 Å². The molecule has 1 heteroatoms. The van der Waals surface area contributed by atoms with E-state index < -0.39 is 7.26 Å². The van der Waals surface area contributed by atoms with Gasteiger partial charge in [0.05, 0.1) is 24.1 Å². The number of hydrogen-bond donors (Lipinski definition) is 0. The van der Waals surface area contributed by atoms with E-state index >= 15 is 0 Å². The van der Waals surface area contributed by atoms with Gasteiger partial charge >= 0.3 is 0 Å². The molecule has 1 aliphatic rings. The molecule has 0 spiro atoms. The molecule has 0 nitrogen and oxygen atoms in total. The van der Waals surface area contributed by atoms with E-state index in [-0.39, 0.29) is 0 Å². The SMILES string of the molecule is CCCC[P+](CCC)(CCC)C1CCCCC1. The summed E-state index contributed by atoms with van der Waals surface area (Å²) in [5, 5.41) is 0. The Balaban J connectivity index is 2.70. The van der Waals surface area contributed by atoms with E-state index in [1.54, 1.807) is 31.3 Å². The van der Waals surface area contributed by atoms with Gasteiger partial charge in [-0.3, -0.25) is 0 Å². The van der Waals surface area contributed by atoms with Crippen molar-refractivity contribution in [1.82, 2.24) is 0 Å². The van der Waals surface area contributed by atoms with Crippen molar-refractivity contribution in [2.24, 2.45) is 0 Å². The zero-order chi connectivity index (χ0) is 12.6. The quantitative estimate of drug-likeness (QED) is 0.471. The first-order chi connectivity index (χ1) is 8.29. The van der Waals surface area contributed by atoms with Crippen LogP contribution in [0.4, 0.5) is 0 Å². The molecule has 0 N–H and O–H groups in total. The summed E-state index contributed by atoms with van der Waals surface area (Å²) in [6.07, 6.45) is 18.4. The first-order valence-corrected chi connectivity index (χ1v) is 10.6. The average molecular weight is 257 g/mol. The number of hydrogen-bond acceptors (Lipinski definition) is 0. The number of unbranched alkanes of at least 4 members (excludes halogenated alkanes) is 1. The maximum atomic E-state index is 2.42. The highest BCUT2D eigenvalue weighted by atomic mass is 31.2. The maximum Gasteiger partial charge on any atom is 0.0697 e. The van der Waals surface area contributed by atoms with Crippen molar-refractivity contribution in [2.45, 2.75) is 84.2 Å². The van der Waals surface area contributed by atoms with Gasteiger partial charge in [0.2, 0.25) is 0 Å². The molecule has 0 saturated heterocycles. The van der Waals surface area contributed by atoms with Crippen LogP contribution in [0.25, 0.3) is 0 Å². The topological polar surface area (TPSA) is 0 Å². The van der Waals surface area contributed by atoms with Crippen LogP contribution in [0.15, 0.2) is 0 Å². The van der Waals surface area contributed by atoms with E-state index in [0.29, 0.717) is 0 Å². The second-order valence-corrected chi connectivity index (χ2v) is 10.5. The standard InChI is InChI=1S/C16H34P/c1-4-7-15-17(13-5-2,14-6-3)16-11-9-8-10-12-16/h16H,4-15H2,1-3H3/q+1. The molecule has 1 aliphatic carbocycles. The summed E-state index contributed by atoms with van der Waals surface area (Å²) in [5.41, 5.74) is 1.17. The van der Waals surface area contributed by atoms with Crippen molar-refractivity contribution in [3.05, 3.63) is 0 Å². The summed E-state index contributed by atoms with van der Waals surface area (Å²) in [6.45, 7) is 7.20. The summed E-state index contributed by atoms with van der Waals surface area (Å²) >= 11 is 0. The molecule has 0 aromatic heterocycles. The molecule has 0 aromatic carbocycles. The summed E-state index contributed by atoms with van der Waals surface area (Å²) < 4.78 is 0. The Morgan fingerprint density at radius 3 is 1.82 bits per heavy atom. The third-order valence-corrected chi connectivity index (χ3v) is 10.6. The molecular weight excluding hydrogens is 223 g/mol. The molecule has 0 atom stereocenters. The van der Waals surface area contributed by atoms with E-state index in [9.17, 15) is 0 Å². The molecule has 1 saturated carbocycles. The van der Waals surface area contributed by atoms with Crippen molar-refractivity contribution in [1.29, 1.82) is 0 Å². The monoisotopic (exact) mass is 257 g/mol. The van der Waals surface area contributed by atoms with Crippen molar-refractivity contribution in [3.63, 3.8) is 0 Å². The minimum Gasteiger partial charge on any atom is -0.0652 e. The predicted molar refractivity (Wildman–Crippen MR) is 83.9 cm³/mol. The van der Waals surface area contributed by atoms with Gasteiger partial charge in [-0.05, 0) is 44.9 Å². The lowest BCUT2D eigenvalue weighted by Gasteiger charge is -2.37. The van der Waals surface area contributed by atoms with Crippen LogP contribution in [0.5, 0.6) is 0 Å². The highest BCUT2D eigenvalue weighted by molar-refractivity contribution is 7.76. The van der Waals surface area contributed by atoms with Gasteiger partial charge in [0, 0.05) is 7.26 Å². The molecule has 0 amide bonds. The second-order valence-electron chi connectivity index (χ2n) is 6.03. The van der Waals surface area contributed by atoms with Gasteiger partial charge in [-0.1, -0.05) is 33.6 Å². The summed E-state index contributed by atoms with van der Waals surface area (Å²) in [6, 6.07) is 0. The second kappa shape index (κ2) is 8.52. The van der Waals surface area contributed by atoms with Crippen molar-refractivity contribution in [2.75, 3.05) is 18.5 Å². The fourth-order valence-corrected chi connectivity index (χ4v) is 9.83. The average Bonchev–Trinajstić information content (AvgIpc) is 2.37. The Morgan fingerprint density at radius 1 is 0.765 bits per heavy atom. The fourth-order valence-electron chi connectivity index (χ4n) is 3.88. The normalized spacial score (nSPS) is 18.5. The van der Waals surface area contributed by atoms with Crippen molar-refractivity contribution in [3.8, 4) is 0 Å². The first-order valence-electron chi connectivity index (χ1n) is 8.14.